The number of unbranched alkanes of at least 4 members (excludes halogenated alkanes) is 1. The van der Waals surface area contributed by atoms with Crippen LogP contribution in [0, 0.1) is 0 Å². The van der Waals surface area contributed by atoms with E-state index >= 15 is 0 Å². The van der Waals surface area contributed by atoms with Crippen molar-refractivity contribution in [2.45, 2.75) is 44.7 Å². The Morgan fingerprint density at radius 1 is 0.500 bits per heavy atom. The summed E-state index contributed by atoms with van der Waals surface area (Å²) in [5, 5.41) is 6.06. The first-order chi connectivity index (χ1) is 16.9. The van der Waals surface area contributed by atoms with Crippen molar-refractivity contribution in [3.63, 3.8) is 0 Å². The molecular weight excluding hydrogens is 446 g/mol. The first kappa shape index (κ1) is 24.9. The van der Waals surface area contributed by atoms with Crippen molar-refractivity contribution in [1.82, 2.24) is 0 Å². The Hall–Kier alpha value is -2.26. The Kier molecular flexibility index (Phi) is 9.93. The number of hydrogen-bond acceptors (Lipinski definition) is 0. The van der Waals surface area contributed by atoms with Gasteiger partial charge in [-0.3, -0.25) is 0 Å². The summed E-state index contributed by atoms with van der Waals surface area (Å²) in [4.78, 5) is 0. The van der Waals surface area contributed by atoms with E-state index < -0.39 is 0 Å². The summed E-state index contributed by atoms with van der Waals surface area (Å²) in [6.45, 7) is 2.35. The smallest absolute Gasteiger partial charge is 0.0129 e. The molecule has 34 heavy (non-hydrogen) atoms. The Balaban J connectivity index is 1.47. The molecule has 4 aromatic carbocycles. The molecule has 0 aromatic heterocycles. The van der Waals surface area contributed by atoms with Gasteiger partial charge in [-0.05, 0) is 68.1 Å². The average Bonchev–Trinajstić information content (AvgIpc) is 2.91. The minimum Gasteiger partial charge on any atom is -0.0654 e. The number of benzene rings is 4. The van der Waals surface area contributed by atoms with Crippen molar-refractivity contribution in [3.8, 4) is 0 Å². The summed E-state index contributed by atoms with van der Waals surface area (Å²) >= 11 is 0. The summed E-state index contributed by atoms with van der Waals surface area (Å²) in [5.74, 6) is 0. The van der Waals surface area contributed by atoms with Crippen LogP contribution in [0.3, 0.4) is 0 Å². The molecule has 0 saturated carbocycles. The zero-order chi connectivity index (χ0) is 23.4. The molecule has 0 radical (unpaired) electrons. The van der Waals surface area contributed by atoms with Crippen LogP contribution in [0.2, 0.25) is 0 Å². The number of hydrogen-bond donors (Lipinski definition) is 0. The lowest BCUT2D eigenvalue weighted by atomic mass is 10.1. The predicted molar refractivity (Wildman–Crippen MR) is 156 cm³/mol. The quantitative estimate of drug-likeness (QED) is 0.144. The molecule has 0 bridgehead atoms. The number of rotatable bonds is 12. The molecule has 174 valence electrons. The molecule has 0 amide bonds. The highest BCUT2D eigenvalue weighted by molar-refractivity contribution is 7.73. The van der Waals surface area contributed by atoms with Crippen LogP contribution in [-0.4, -0.2) is 11.8 Å². The molecule has 0 N–H and O–H groups in total. The molecule has 0 aliphatic carbocycles. The van der Waals surface area contributed by atoms with E-state index in [0.717, 1.165) is 5.66 Å². The van der Waals surface area contributed by atoms with Crippen LogP contribution in [0.4, 0.5) is 0 Å². The molecule has 0 nitrogen and oxygen atoms in total. The fourth-order valence-corrected chi connectivity index (χ4v) is 10.3. The summed E-state index contributed by atoms with van der Waals surface area (Å²) in [7, 11) is -0.622. The molecular formula is C32H36P2. The highest BCUT2D eigenvalue weighted by Gasteiger charge is 2.24. The third-order valence-electron chi connectivity index (χ3n) is 6.36. The first-order valence-corrected chi connectivity index (χ1v) is 15.6. The SMILES string of the molecule is CCCC(CCCCP(c1ccccc1)c1ccccc1)P(c1ccccc1)c1ccccc1. The first-order valence-electron chi connectivity index (χ1n) is 12.6. The van der Waals surface area contributed by atoms with Crippen LogP contribution in [-0.2, 0) is 0 Å². The van der Waals surface area contributed by atoms with Crippen molar-refractivity contribution >= 4 is 37.1 Å². The third kappa shape index (κ3) is 6.88. The molecule has 0 fully saturated rings. The summed E-state index contributed by atoms with van der Waals surface area (Å²) in [6.07, 6.45) is 7.75. The van der Waals surface area contributed by atoms with Crippen molar-refractivity contribution in [2.75, 3.05) is 6.16 Å². The molecule has 0 heterocycles. The fraction of sp³-hybridized carbons (Fsp3) is 0.250. The zero-order valence-corrected chi connectivity index (χ0v) is 22.1. The van der Waals surface area contributed by atoms with Crippen LogP contribution in [0.1, 0.15) is 39.0 Å². The molecule has 0 spiro atoms. The average molecular weight is 483 g/mol. The van der Waals surface area contributed by atoms with Crippen LogP contribution in [0.25, 0.3) is 0 Å². The Morgan fingerprint density at radius 3 is 1.32 bits per heavy atom. The molecule has 2 heteroatoms. The Morgan fingerprint density at radius 2 is 0.912 bits per heavy atom. The third-order valence-corrected chi connectivity index (χ3v) is 11.9. The van der Waals surface area contributed by atoms with E-state index in [1.807, 2.05) is 0 Å². The van der Waals surface area contributed by atoms with Gasteiger partial charge in [0.15, 0.2) is 0 Å². The van der Waals surface area contributed by atoms with E-state index in [9.17, 15) is 0 Å². The minimum atomic E-state index is -0.334. The van der Waals surface area contributed by atoms with Gasteiger partial charge in [0.1, 0.15) is 0 Å². The summed E-state index contributed by atoms with van der Waals surface area (Å²) in [5.41, 5.74) is 0.740. The zero-order valence-electron chi connectivity index (χ0n) is 20.3. The standard InChI is InChI=1S/C32H36P2/c1-2-17-30(34(31-22-11-5-12-23-31)32-24-13-6-14-25-32)26-15-16-27-33(28-18-7-3-8-19-28)29-20-9-4-10-21-29/h3-14,18-25,30H,2,15-17,26-27H2,1H3. The Labute approximate surface area is 209 Å². The molecule has 4 aromatic rings. The Bertz CT molecular complexity index is 986. The van der Waals surface area contributed by atoms with Gasteiger partial charge in [-0.1, -0.05) is 141 Å². The van der Waals surface area contributed by atoms with E-state index in [4.69, 9.17) is 0 Å². The van der Waals surface area contributed by atoms with Gasteiger partial charge in [-0.25, -0.2) is 0 Å². The predicted octanol–water partition coefficient (Wildman–Crippen LogP) is 7.59. The molecule has 0 saturated heterocycles. The highest BCUT2D eigenvalue weighted by atomic mass is 31.1. The summed E-state index contributed by atoms with van der Waals surface area (Å²) in [6, 6.07) is 44.9. The van der Waals surface area contributed by atoms with E-state index in [-0.39, 0.29) is 15.8 Å². The van der Waals surface area contributed by atoms with Crippen molar-refractivity contribution in [3.05, 3.63) is 121 Å². The monoisotopic (exact) mass is 482 g/mol. The molecule has 1 atom stereocenters. The van der Waals surface area contributed by atoms with Gasteiger partial charge < -0.3 is 0 Å². The van der Waals surface area contributed by atoms with E-state index in [0.29, 0.717) is 0 Å². The molecule has 4 rings (SSSR count). The van der Waals surface area contributed by atoms with Gasteiger partial charge in [0, 0.05) is 0 Å². The van der Waals surface area contributed by atoms with Gasteiger partial charge in [0.05, 0.1) is 0 Å². The van der Waals surface area contributed by atoms with Gasteiger partial charge in [-0.2, -0.15) is 0 Å². The fourth-order valence-electron chi connectivity index (χ4n) is 4.76. The van der Waals surface area contributed by atoms with Crippen molar-refractivity contribution < 1.29 is 0 Å². The normalized spacial score (nSPS) is 12.2. The van der Waals surface area contributed by atoms with Crippen molar-refractivity contribution in [2.24, 2.45) is 0 Å². The molecule has 1 unspecified atom stereocenters. The lowest BCUT2D eigenvalue weighted by molar-refractivity contribution is 0.637. The second kappa shape index (κ2) is 13.6. The minimum absolute atomic E-state index is 0.287. The maximum atomic E-state index is 2.35. The highest BCUT2D eigenvalue weighted by Crippen LogP contribution is 2.44. The van der Waals surface area contributed by atoms with Gasteiger partial charge in [0.2, 0.25) is 0 Å². The van der Waals surface area contributed by atoms with Gasteiger partial charge >= 0.3 is 0 Å². The second-order valence-electron chi connectivity index (χ2n) is 8.80. The van der Waals surface area contributed by atoms with E-state index in [2.05, 4.69) is 128 Å². The maximum absolute atomic E-state index is 2.35. The molecule has 0 aliphatic rings. The van der Waals surface area contributed by atoms with Crippen LogP contribution in [0.5, 0.6) is 0 Å². The topological polar surface area (TPSA) is 0 Å². The van der Waals surface area contributed by atoms with E-state index in [1.54, 1.807) is 0 Å². The second-order valence-corrected chi connectivity index (χ2v) is 13.6. The maximum Gasteiger partial charge on any atom is -0.0129 e. The van der Waals surface area contributed by atoms with Gasteiger partial charge in [0.25, 0.3) is 0 Å². The van der Waals surface area contributed by atoms with Crippen LogP contribution < -0.4 is 21.2 Å². The molecule has 0 aliphatic heterocycles. The summed E-state index contributed by atoms with van der Waals surface area (Å²) < 4.78 is 0. The lowest BCUT2D eigenvalue weighted by Gasteiger charge is -2.29. The lowest BCUT2D eigenvalue weighted by Crippen LogP contribution is -2.22. The van der Waals surface area contributed by atoms with Crippen LogP contribution in [0.15, 0.2) is 121 Å². The van der Waals surface area contributed by atoms with E-state index in [1.165, 1.54) is 59.5 Å². The van der Waals surface area contributed by atoms with Crippen molar-refractivity contribution in [1.29, 1.82) is 0 Å². The van der Waals surface area contributed by atoms with Gasteiger partial charge in [-0.15, -0.1) is 0 Å². The van der Waals surface area contributed by atoms with Crippen LogP contribution >= 0.6 is 15.8 Å². The largest absolute Gasteiger partial charge is 0.0654 e.